The smallest absolute Gasteiger partial charge is 0.355 e. The van der Waals surface area contributed by atoms with Crippen LogP contribution in [0.25, 0.3) is 10.4 Å². The summed E-state index contributed by atoms with van der Waals surface area (Å²) in [4.78, 5) is 44.5. The van der Waals surface area contributed by atoms with Gasteiger partial charge in [0.1, 0.15) is 28.5 Å². The summed E-state index contributed by atoms with van der Waals surface area (Å²) in [7, 11) is 0. The number of aliphatic hydroxyl groups excluding tert-OH is 1. The van der Waals surface area contributed by atoms with Crippen molar-refractivity contribution in [1.82, 2.24) is 14.3 Å². The number of nitro benzene ring substituents is 1. The van der Waals surface area contributed by atoms with Crippen LogP contribution in [0.1, 0.15) is 23.8 Å². The second-order valence-corrected chi connectivity index (χ2v) is 11.0. The van der Waals surface area contributed by atoms with E-state index in [1.165, 1.54) is 64.0 Å². The topological polar surface area (TPSA) is 127 Å². The average Bonchev–Trinajstić information content (AvgIpc) is 3.51. The van der Waals surface area contributed by atoms with Crippen molar-refractivity contribution in [2.45, 2.75) is 42.1 Å². The highest BCUT2D eigenvalue weighted by Gasteiger charge is 2.57. The van der Waals surface area contributed by atoms with Crippen molar-refractivity contribution in [3.05, 3.63) is 56.8 Å². The van der Waals surface area contributed by atoms with Crippen molar-refractivity contribution in [2.24, 2.45) is 5.92 Å². The SMILES string of the molecule is CSc1ncn2c(SC)c(C3=C(C(=O)OCc4ccc([N+](=O)[O-])cc4)N4C(=O)[C@H]([C@@H](C)O)[C@H]4C3)sc12. The quantitative estimate of drug-likeness (QED) is 0.147. The molecule has 188 valence electrons. The summed E-state index contributed by atoms with van der Waals surface area (Å²) in [6.07, 6.45) is 5.26. The Morgan fingerprint density at radius 3 is 2.67 bits per heavy atom. The molecule has 10 nitrogen and oxygen atoms in total. The fourth-order valence-corrected chi connectivity index (χ4v) is 7.66. The van der Waals surface area contributed by atoms with Crippen LogP contribution in [0, 0.1) is 16.0 Å². The first kappa shape index (κ1) is 24.8. The standard InChI is InChI=1S/C23H22N4O6S3/c1-11(28)16-15-8-14(18-21(35-3)25-10-24-19(34-2)22(25)36-18)17(26(15)20(16)29)23(30)33-9-12-4-6-13(7-5-12)27(31)32/h4-7,10-11,15-16,28H,8-9H2,1-3H3/t11-,15-,16-/m1/s1. The molecule has 1 amide bonds. The van der Waals surface area contributed by atoms with Crippen molar-refractivity contribution >= 4 is 62.8 Å². The molecule has 5 rings (SSSR count). The fraction of sp³-hybridized carbons (Fsp3) is 0.348. The summed E-state index contributed by atoms with van der Waals surface area (Å²) in [6.45, 7) is 1.49. The first-order valence-corrected chi connectivity index (χ1v) is 14.3. The number of fused-ring (bicyclic) bond motifs is 2. The van der Waals surface area contributed by atoms with Gasteiger partial charge in [0.25, 0.3) is 5.69 Å². The number of ether oxygens (including phenoxy) is 1. The lowest BCUT2D eigenvalue weighted by Gasteiger charge is -2.44. The van der Waals surface area contributed by atoms with Gasteiger partial charge in [0, 0.05) is 17.7 Å². The first-order chi connectivity index (χ1) is 17.3. The van der Waals surface area contributed by atoms with Crippen LogP contribution in [0.4, 0.5) is 5.69 Å². The zero-order valence-corrected chi connectivity index (χ0v) is 22.0. The molecule has 1 fully saturated rings. The maximum atomic E-state index is 13.4. The van der Waals surface area contributed by atoms with Crippen molar-refractivity contribution < 1.29 is 24.4 Å². The van der Waals surface area contributed by atoms with E-state index in [-0.39, 0.29) is 29.9 Å². The van der Waals surface area contributed by atoms with Crippen LogP contribution in [0.2, 0.25) is 0 Å². The number of amides is 1. The number of thiazole rings is 1. The minimum atomic E-state index is -0.832. The third-order valence-electron chi connectivity index (χ3n) is 6.40. The van der Waals surface area contributed by atoms with Crippen LogP contribution in [0.5, 0.6) is 0 Å². The molecule has 0 radical (unpaired) electrons. The molecule has 0 spiro atoms. The highest BCUT2D eigenvalue weighted by atomic mass is 32.2. The van der Waals surface area contributed by atoms with Gasteiger partial charge in [0.2, 0.25) is 5.91 Å². The van der Waals surface area contributed by atoms with E-state index in [2.05, 4.69) is 4.98 Å². The molecule has 3 atom stereocenters. The van der Waals surface area contributed by atoms with E-state index in [1.807, 2.05) is 16.9 Å². The molecule has 2 aliphatic rings. The van der Waals surface area contributed by atoms with Gasteiger partial charge in [-0.3, -0.25) is 19.3 Å². The van der Waals surface area contributed by atoms with Gasteiger partial charge in [-0.1, -0.05) is 0 Å². The minimum absolute atomic E-state index is 0.0539. The lowest BCUT2D eigenvalue weighted by molar-refractivity contribution is -0.384. The Balaban J connectivity index is 1.51. The summed E-state index contributed by atoms with van der Waals surface area (Å²) in [6, 6.07) is 5.44. The third kappa shape index (κ3) is 3.90. The van der Waals surface area contributed by atoms with Gasteiger partial charge in [-0.25, -0.2) is 9.78 Å². The van der Waals surface area contributed by atoms with Crippen LogP contribution >= 0.6 is 34.9 Å². The number of hydrogen-bond donors (Lipinski definition) is 1. The fourth-order valence-electron chi connectivity index (χ4n) is 4.72. The molecule has 2 aliphatic heterocycles. The average molecular weight is 547 g/mol. The molecule has 2 aromatic heterocycles. The van der Waals surface area contributed by atoms with Crippen molar-refractivity contribution in [3.8, 4) is 0 Å². The Hall–Kier alpha value is -2.87. The Labute approximate surface area is 218 Å². The molecule has 3 aromatic rings. The summed E-state index contributed by atoms with van der Waals surface area (Å²) < 4.78 is 7.58. The number of thioether (sulfide) groups is 2. The van der Waals surface area contributed by atoms with E-state index in [0.717, 1.165) is 25.3 Å². The second-order valence-electron chi connectivity index (χ2n) is 8.44. The third-order valence-corrected chi connectivity index (χ3v) is 9.36. The molecule has 0 saturated carbocycles. The van der Waals surface area contributed by atoms with Gasteiger partial charge in [-0.15, -0.1) is 34.9 Å². The number of carbonyl (C=O) groups is 2. The molecule has 1 saturated heterocycles. The summed E-state index contributed by atoms with van der Waals surface area (Å²) >= 11 is 4.58. The number of rotatable bonds is 8. The number of esters is 1. The monoisotopic (exact) mass is 546 g/mol. The summed E-state index contributed by atoms with van der Waals surface area (Å²) in [5.41, 5.74) is 1.45. The first-order valence-electron chi connectivity index (χ1n) is 11.0. The Morgan fingerprint density at radius 2 is 2.06 bits per heavy atom. The van der Waals surface area contributed by atoms with E-state index >= 15 is 0 Å². The second kappa shape index (κ2) is 9.54. The number of aliphatic hydroxyl groups is 1. The van der Waals surface area contributed by atoms with Gasteiger partial charge in [-0.05, 0) is 43.6 Å². The number of non-ortho nitro benzene ring substituents is 1. The van der Waals surface area contributed by atoms with E-state index in [9.17, 15) is 24.8 Å². The number of benzene rings is 1. The Bertz CT molecular complexity index is 1410. The highest BCUT2D eigenvalue weighted by molar-refractivity contribution is 7.99. The molecule has 1 aromatic carbocycles. The van der Waals surface area contributed by atoms with E-state index in [0.29, 0.717) is 12.0 Å². The van der Waals surface area contributed by atoms with Gasteiger partial charge in [0.05, 0.1) is 32.9 Å². The maximum absolute atomic E-state index is 13.4. The highest BCUT2D eigenvalue weighted by Crippen LogP contribution is 2.51. The van der Waals surface area contributed by atoms with Crippen molar-refractivity contribution in [3.63, 3.8) is 0 Å². The van der Waals surface area contributed by atoms with Crippen molar-refractivity contribution in [2.75, 3.05) is 12.5 Å². The van der Waals surface area contributed by atoms with Crippen molar-refractivity contribution in [1.29, 1.82) is 0 Å². The number of carbonyl (C=O) groups excluding carboxylic acids is 2. The predicted octanol–water partition coefficient (Wildman–Crippen LogP) is 3.81. The zero-order chi connectivity index (χ0) is 25.7. The van der Waals surface area contributed by atoms with Gasteiger partial charge in [0.15, 0.2) is 0 Å². The van der Waals surface area contributed by atoms with E-state index in [1.54, 1.807) is 13.3 Å². The molecule has 13 heteroatoms. The number of imidazole rings is 1. The molecule has 4 heterocycles. The van der Waals surface area contributed by atoms with Crippen LogP contribution in [0.3, 0.4) is 0 Å². The molecule has 36 heavy (non-hydrogen) atoms. The number of β-lactam (4-membered cyclic amide) rings is 1. The molecular weight excluding hydrogens is 524 g/mol. The van der Waals surface area contributed by atoms with Crippen LogP contribution in [0.15, 0.2) is 46.3 Å². The number of nitro groups is 1. The summed E-state index contributed by atoms with van der Waals surface area (Å²) in [5.74, 6) is -1.52. The maximum Gasteiger partial charge on any atom is 0.355 e. The predicted molar refractivity (Wildman–Crippen MR) is 137 cm³/mol. The molecule has 1 N–H and O–H groups in total. The van der Waals surface area contributed by atoms with E-state index in [4.69, 9.17) is 4.74 Å². The number of aromatic nitrogens is 2. The number of nitrogens with zero attached hydrogens (tertiary/aromatic N) is 4. The Kier molecular flexibility index (Phi) is 6.57. The zero-order valence-electron chi connectivity index (χ0n) is 19.5. The van der Waals surface area contributed by atoms with Crippen LogP contribution in [-0.2, 0) is 20.9 Å². The molecule has 0 unspecified atom stereocenters. The lowest BCUT2D eigenvalue weighted by Crippen LogP contribution is -2.61. The molecule has 0 aliphatic carbocycles. The van der Waals surface area contributed by atoms with Crippen LogP contribution < -0.4 is 0 Å². The molecule has 0 bridgehead atoms. The lowest BCUT2D eigenvalue weighted by atomic mass is 9.83. The number of hydrogen-bond acceptors (Lipinski definition) is 10. The van der Waals surface area contributed by atoms with Crippen LogP contribution in [-0.4, -0.2) is 60.8 Å². The van der Waals surface area contributed by atoms with Gasteiger partial charge < -0.3 is 14.7 Å². The van der Waals surface area contributed by atoms with E-state index < -0.39 is 22.9 Å². The summed E-state index contributed by atoms with van der Waals surface area (Å²) in [5, 5.41) is 22.9. The minimum Gasteiger partial charge on any atom is -0.456 e. The van der Waals surface area contributed by atoms with Gasteiger partial charge in [-0.2, -0.15) is 0 Å². The molecular formula is C23H22N4O6S3. The normalized spacial score (nSPS) is 20.0. The van der Waals surface area contributed by atoms with Gasteiger partial charge >= 0.3 is 5.97 Å². The Morgan fingerprint density at radius 1 is 1.33 bits per heavy atom. The largest absolute Gasteiger partial charge is 0.456 e.